The number of amides is 2. The van der Waals surface area contributed by atoms with Gasteiger partial charge in [0.25, 0.3) is 5.91 Å². The molecular formula is C18H20N4O3. The first-order chi connectivity index (χ1) is 12.0. The molecule has 130 valence electrons. The highest BCUT2D eigenvalue weighted by Crippen LogP contribution is 2.38. The number of carbonyl (C=O) groups excluding carboxylic acids is 2. The molecule has 25 heavy (non-hydrogen) atoms. The summed E-state index contributed by atoms with van der Waals surface area (Å²) in [6.07, 6.45) is 1.60. The molecule has 7 nitrogen and oxygen atoms in total. The van der Waals surface area contributed by atoms with Crippen molar-refractivity contribution < 1.29 is 14.7 Å². The number of carbonyl (C=O) groups is 2. The van der Waals surface area contributed by atoms with Gasteiger partial charge in [0.2, 0.25) is 5.91 Å². The lowest BCUT2D eigenvalue weighted by molar-refractivity contribution is -0.128. The highest BCUT2D eigenvalue weighted by Gasteiger charge is 2.35. The van der Waals surface area contributed by atoms with Crippen LogP contribution in [0.3, 0.4) is 0 Å². The van der Waals surface area contributed by atoms with E-state index in [9.17, 15) is 14.7 Å². The molecule has 2 amide bonds. The Morgan fingerprint density at radius 2 is 2.04 bits per heavy atom. The molecule has 1 aromatic heterocycles. The standard InChI is InChI=1S/C18H20N4O3/c1-11(19)17(24)21-15-13-6-3-2-5-12(13)14-7-4-8-20-16(14)22(9-10-23)18(15)25/h2-8,11,15,23H,9-10,19H2,1H3,(H,21,24)/t11-,15?/m0/s1. The SMILES string of the molecule is C[C@H](N)C(=O)NC1C(=O)N(CCO)c2ncccc2-c2ccccc21. The highest BCUT2D eigenvalue weighted by atomic mass is 16.3. The minimum absolute atomic E-state index is 0.0847. The van der Waals surface area contributed by atoms with Gasteiger partial charge in [0.05, 0.1) is 19.2 Å². The summed E-state index contributed by atoms with van der Waals surface area (Å²) in [7, 11) is 0. The molecule has 0 saturated carbocycles. The molecule has 0 bridgehead atoms. The normalized spacial score (nSPS) is 17.3. The Hall–Kier alpha value is -2.77. The number of benzene rings is 1. The Morgan fingerprint density at radius 3 is 2.76 bits per heavy atom. The topological polar surface area (TPSA) is 109 Å². The van der Waals surface area contributed by atoms with Gasteiger partial charge in [-0.05, 0) is 30.2 Å². The Balaban J connectivity index is 2.18. The smallest absolute Gasteiger partial charge is 0.255 e. The Morgan fingerprint density at radius 1 is 1.32 bits per heavy atom. The van der Waals surface area contributed by atoms with Crippen LogP contribution in [-0.2, 0) is 9.59 Å². The van der Waals surface area contributed by atoms with E-state index < -0.39 is 18.0 Å². The molecule has 0 spiro atoms. The quantitative estimate of drug-likeness (QED) is 0.755. The van der Waals surface area contributed by atoms with E-state index in [0.717, 1.165) is 11.1 Å². The summed E-state index contributed by atoms with van der Waals surface area (Å²) < 4.78 is 0. The van der Waals surface area contributed by atoms with Gasteiger partial charge < -0.3 is 16.2 Å². The zero-order chi connectivity index (χ0) is 18.0. The molecule has 7 heteroatoms. The van der Waals surface area contributed by atoms with Crippen LogP contribution in [0.2, 0.25) is 0 Å². The summed E-state index contributed by atoms with van der Waals surface area (Å²) in [4.78, 5) is 31.0. The molecule has 2 heterocycles. The number of hydrogen-bond donors (Lipinski definition) is 3. The van der Waals surface area contributed by atoms with Crippen molar-refractivity contribution >= 4 is 17.6 Å². The van der Waals surface area contributed by atoms with Crippen LogP contribution in [0.25, 0.3) is 11.1 Å². The maximum absolute atomic E-state index is 13.1. The van der Waals surface area contributed by atoms with Gasteiger partial charge in [0.1, 0.15) is 11.9 Å². The number of aromatic nitrogens is 1. The highest BCUT2D eigenvalue weighted by molar-refractivity contribution is 6.05. The largest absolute Gasteiger partial charge is 0.395 e. The maximum atomic E-state index is 13.1. The first-order valence-corrected chi connectivity index (χ1v) is 8.07. The first-order valence-electron chi connectivity index (χ1n) is 8.07. The van der Waals surface area contributed by atoms with Crippen molar-refractivity contribution in [2.45, 2.75) is 19.0 Å². The summed E-state index contributed by atoms with van der Waals surface area (Å²) >= 11 is 0. The van der Waals surface area contributed by atoms with Crippen molar-refractivity contribution in [3.63, 3.8) is 0 Å². The van der Waals surface area contributed by atoms with Crippen molar-refractivity contribution in [1.29, 1.82) is 0 Å². The number of fused-ring (bicyclic) bond motifs is 3. The van der Waals surface area contributed by atoms with Gasteiger partial charge in [-0.1, -0.05) is 24.3 Å². The number of aliphatic hydroxyl groups excluding tert-OH is 1. The molecule has 1 aliphatic rings. The number of hydrogen-bond acceptors (Lipinski definition) is 5. The predicted octanol–water partition coefficient (Wildman–Crippen LogP) is 0.592. The lowest BCUT2D eigenvalue weighted by Gasteiger charge is -2.25. The predicted molar refractivity (Wildman–Crippen MR) is 93.6 cm³/mol. The van der Waals surface area contributed by atoms with E-state index in [-0.39, 0.29) is 19.1 Å². The van der Waals surface area contributed by atoms with Crippen molar-refractivity contribution in [3.05, 3.63) is 48.2 Å². The van der Waals surface area contributed by atoms with Gasteiger partial charge >= 0.3 is 0 Å². The number of aliphatic hydroxyl groups is 1. The monoisotopic (exact) mass is 340 g/mol. The maximum Gasteiger partial charge on any atom is 0.255 e. The Kier molecular flexibility index (Phi) is 4.78. The number of nitrogens with zero attached hydrogens (tertiary/aromatic N) is 2. The van der Waals surface area contributed by atoms with E-state index in [0.29, 0.717) is 11.4 Å². The van der Waals surface area contributed by atoms with Gasteiger partial charge in [0.15, 0.2) is 0 Å². The van der Waals surface area contributed by atoms with Crippen molar-refractivity contribution in [2.24, 2.45) is 5.73 Å². The van der Waals surface area contributed by atoms with Crippen LogP contribution in [0.15, 0.2) is 42.6 Å². The second kappa shape index (κ2) is 7.00. The van der Waals surface area contributed by atoms with Crippen LogP contribution in [0.5, 0.6) is 0 Å². The van der Waals surface area contributed by atoms with Gasteiger partial charge in [-0.15, -0.1) is 0 Å². The molecule has 4 N–H and O–H groups in total. The van der Waals surface area contributed by atoms with E-state index in [1.165, 1.54) is 4.90 Å². The van der Waals surface area contributed by atoms with Crippen molar-refractivity contribution in [1.82, 2.24) is 10.3 Å². The van der Waals surface area contributed by atoms with E-state index in [4.69, 9.17) is 5.73 Å². The van der Waals surface area contributed by atoms with Crippen LogP contribution in [-0.4, -0.2) is 41.1 Å². The van der Waals surface area contributed by atoms with Crippen LogP contribution >= 0.6 is 0 Å². The fourth-order valence-corrected chi connectivity index (χ4v) is 2.94. The zero-order valence-corrected chi connectivity index (χ0v) is 13.8. The molecule has 0 fully saturated rings. The fraction of sp³-hybridized carbons (Fsp3) is 0.278. The molecule has 0 aliphatic carbocycles. The minimum atomic E-state index is -0.893. The minimum Gasteiger partial charge on any atom is -0.395 e. The zero-order valence-electron chi connectivity index (χ0n) is 13.8. The third kappa shape index (κ3) is 3.11. The van der Waals surface area contributed by atoms with Crippen LogP contribution in [0.4, 0.5) is 5.82 Å². The molecule has 0 saturated heterocycles. The average Bonchev–Trinajstić information content (AvgIpc) is 2.71. The summed E-state index contributed by atoms with van der Waals surface area (Å²) in [6, 6.07) is 9.40. The van der Waals surface area contributed by atoms with Crippen LogP contribution < -0.4 is 16.0 Å². The summed E-state index contributed by atoms with van der Waals surface area (Å²) in [5, 5.41) is 12.1. The fourth-order valence-electron chi connectivity index (χ4n) is 2.94. The number of anilines is 1. The summed E-state index contributed by atoms with van der Waals surface area (Å²) in [5.74, 6) is -0.310. The third-order valence-electron chi connectivity index (χ3n) is 4.14. The molecule has 2 aromatic rings. The van der Waals surface area contributed by atoms with Gasteiger partial charge in [0, 0.05) is 11.8 Å². The van der Waals surface area contributed by atoms with Crippen molar-refractivity contribution in [3.8, 4) is 11.1 Å². The molecule has 1 unspecified atom stereocenters. The van der Waals surface area contributed by atoms with Crippen molar-refractivity contribution in [2.75, 3.05) is 18.1 Å². The van der Waals surface area contributed by atoms with E-state index in [1.54, 1.807) is 25.3 Å². The lowest BCUT2D eigenvalue weighted by atomic mass is 9.96. The molecule has 1 aromatic carbocycles. The second-order valence-electron chi connectivity index (χ2n) is 5.91. The Labute approximate surface area is 145 Å². The number of β-amino-alcohol motifs (C(OH)–C–C–N with tert-alkyl or cyclic N) is 1. The van der Waals surface area contributed by atoms with E-state index in [1.807, 2.05) is 24.3 Å². The second-order valence-corrected chi connectivity index (χ2v) is 5.91. The Bertz CT molecular complexity index is 806. The molecule has 2 atom stereocenters. The summed E-state index contributed by atoms with van der Waals surface area (Å²) in [5.41, 5.74) is 7.91. The average molecular weight is 340 g/mol. The number of nitrogens with one attached hydrogen (secondary N) is 1. The van der Waals surface area contributed by atoms with E-state index >= 15 is 0 Å². The third-order valence-corrected chi connectivity index (χ3v) is 4.14. The van der Waals surface area contributed by atoms with Gasteiger partial charge in [-0.2, -0.15) is 0 Å². The molecule has 0 radical (unpaired) electrons. The number of pyridine rings is 1. The number of rotatable bonds is 4. The van der Waals surface area contributed by atoms with Gasteiger partial charge in [-0.3, -0.25) is 14.5 Å². The molecular weight excluding hydrogens is 320 g/mol. The van der Waals surface area contributed by atoms with Crippen LogP contribution in [0.1, 0.15) is 18.5 Å². The van der Waals surface area contributed by atoms with Crippen LogP contribution in [0, 0.1) is 0 Å². The van der Waals surface area contributed by atoms with Gasteiger partial charge in [-0.25, -0.2) is 4.98 Å². The number of nitrogens with two attached hydrogens (primary N) is 1. The van der Waals surface area contributed by atoms with E-state index in [2.05, 4.69) is 10.3 Å². The lowest BCUT2D eigenvalue weighted by Crippen LogP contribution is -2.47. The molecule has 1 aliphatic heterocycles. The summed E-state index contributed by atoms with van der Waals surface area (Å²) in [6.45, 7) is 1.43. The first kappa shape index (κ1) is 17.1. The molecule has 3 rings (SSSR count).